The van der Waals surface area contributed by atoms with Crippen LogP contribution in [0.4, 0.5) is 5.13 Å². The van der Waals surface area contributed by atoms with Gasteiger partial charge in [-0.15, -0.1) is 11.3 Å². The number of aliphatic imine (C=N–C) groups is 1. The van der Waals surface area contributed by atoms with Gasteiger partial charge in [-0.2, -0.15) is 0 Å². The SMILES string of the molecule is CC(C)N=C(N)c1ccc(OCCO/N=C(/C(=O)N[C@H]2C(=O)N3S(=O)[C@@]23C)c2csc(N)n2)cc1. The number of anilines is 1. The third-order valence-corrected chi connectivity index (χ3v) is 7.79. The summed E-state index contributed by atoms with van der Waals surface area (Å²) in [6.07, 6.45) is 0. The summed E-state index contributed by atoms with van der Waals surface area (Å²) in [5.74, 6) is -0.0388. The molecule has 1 unspecified atom stereocenters. The highest BCUT2D eigenvalue weighted by Crippen LogP contribution is 2.52. The first-order valence-corrected chi connectivity index (χ1v) is 12.7. The lowest BCUT2D eigenvalue weighted by Gasteiger charge is -2.29. The largest absolute Gasteiger partial charge is 0.490 e. The van der Waals surface area contributed by atoms with E-state index in [2.05, 4.69) is 20.4 Å². The summed E-state index contributed by atoms with van der Waals surface area (Å²) in [5.41, 5.74) is 12.5. The van der Waals surface area contributed by atoms with Crippen LogP contribution in [0.2, 0.25) is 0 Å². The third kappa shape index (κ3) is 4.84. The number of thiazole rings is 1. The van der Waals surface area contributed by atoms with Crippen molar-refractivity contribution in [3.8, 4) is 5.75 Å². The van der Waals surface area contributed by atoms with Gasteiger partial charge >= 0.3 is 0 Å². The lowest BCUT2D eigenvalue weighted by Crippen LogP contribution is -2.62. The minimum Gasteiger partial charge on any atom is -0.490 e. The number of benzene rings is 1. The van der Waals surface area contributed by atoms with Gasteiger partial charge in [0.2, 0.25) is 0 Å². The van der Waals surface area contributed by atoms with Crippen molar-refractivity contribution in [1.29, 1.82) is 0 Å². The molecular weight excluding hydrogens is 494 g/mol. The minimum atomic E-state index is -1.43. The average Bonchev–Trinajstić information content (AvgIpc) is 3.06. The van der Waals surface area contributed by atoms with E-state index < -0.39 is 33.7 Å². The molecule has 0 saturated carbocycles. The number of amidine groups is 1. The Hall–Kier alpha value is -3.52. The van der Waals surface area contributed by atoms with Gasteiger partial charge in [0.1, 0.15) is 29.9 Å². The van der Waals surface area contributed by atoms with E-state index in [1.807, 2.05) is 13.8 Å². The summed E-state index contributed by atoms with van der Waals surface area (Å²) in [6.45, 7) is 5.72. The number of carbonyl (C=O) groups excluding carboxylic acids is 2. The molecule has 0 aliphatic carbocycles. The second-order valence-corrected chi connectivity index (χ2v) is 10.7. The Labute approximate surface area is 208 Å². The molecule has 0 radical (unpaired) electrons. The molecule has 0 spiro atoms. The fraction of sp³-hybridized carbons (Fsp3) is 0.381. The molecular formula is C21H25N7O5S2. The molecule has 12 nitrogen and oxygen atoms in total. The third-order valence-electron chi connectivity index (χ3n) is 5.27. The molecule has 4 rings (SSSR count). The molecule has 2 aliphatic heterocycles. The van der Waals surface area contributed by atoms with E-state index in [9.17, 15) is 13.8 Å². The number of rotatable bonds is 10. The molecule has 35 heavy (non-hydrogen) atoms. The first kappa shape index (κ1) is 24.6. The van der Waals surface area contributed by atoms with Crippen molar-refractivity contribution >= 4 is 50.8 Å². The van der Waals surface area contributed by atoms with E-state index in [1.54, 1.807) is 36.6 Å². The quantitative estimate of drug-likeness (QED) is 0.101. The van der Waals surface area contributed by atoms with Crippen molar-refractivity contribution in [3.05, 3.63) is 40.9 Å². The first-order chi connectivity index (χ1) is 16.6. The predicted molar refractivity (Wildman–Crippen MR) is 132 cm³/mol. The number of amides is 2. The van der Waals surface area contributed by atoms with E-state index in [0.29, 0.717) is 11.6 Å². The first-order valence-electron chi connectivity index (χ1n) is 10.7. The van der Waals surface area contributed by atoms with E-state index in [0.717, 1.165) is 16.9 Å². The van der Waals surface area contributed by atoms with Gasteiger partial charge in [-0.1, -0.05) is 5.16 Å². The molecule has 3 atom stereocenters. The van der Waals surface area contributed by atoms with Crippen molar-refractivity contribution in [1.82, 2.24) is 14.6 Å². The van der Waals surface area contributed by atoms with E-state index >= 15 is 0 Å². The Morgan fingerprint density at radius 2 is 2.06 bits per heavy atom. The van der Waals surface area contributed by atoms with Gasteiger partial charge in [0, 0.05) is 17.0 Å². The number of nitrogen functional groups attached to an aromatic ring is 1. The molecule has 14 heteroatoms. The molecule has 186 valence electrons. The van der Waals surface area contributed by atoms with Gasteiger partial charge in [0.05, 0.1) is 0 Å². The number of nitrogens with zero attached hydrogens (tertiary/aromatic N) is 4. The van der Waals surface area contributed by atoms with Crippen LogP contribution in [0.5, 0.6) is 5.75 Å². The van der Waals surface area contributed by atoms with Crippen LogP contribution in [0, 0.1) is 0 Å². The number of oxime groups is 1. The number of fused-ring (bicyclic) bond motifs is 1. The molecule has 0 bridgehead atoms. The molecule has 2 aliphatic rings. The van der Waals surface area contributed by atoms with E-state index in [4.69, 9.17) is 21.0 Å². The number of aromatic nitrogens is 1. The number of ether oxygens (including phenoxy) is 1. The van der Waals surface area contributed by atoms with Crippen molar-refractivity contribution in [2.75, 3.05) is 18.9 Å². The Morgan fingerprint density at radius 1 is 1.34 bits per heavy atom. The van der Waals surface area contributed by atoms with Crippen LogP contribution < -0.4 is 21.5 Å². The van der Waals surface area contributed by atoms with Gasteiger partial charge in [-0.05, 0) is 45.0 Å². The predicted octanol–water partition coefficient (Wildman–Crippen LogP) is 0.359. The summed E-state index contributed by atoms with van der Waals surface area (Å²) < 4.78 is 18.7. The summed E-state index contributed by atoms with van der Waals surface area (Å²) in [7, 11) is -1.43. The molecule has 2 saturated heterocycles. The lowest BCUT2D eigenvalue weighted by atomic mass is 10.0. The highest BCUT2D eigenvalue weighted by molar-refractivity contribution is 7.92. The van der Waals surface area contributed by atoms with Crippen molar-refractivity contribution in [2.45, 2.75) is 37.7 Å². The summed E-state index contributed by atoms with van der Waals surface area (Å²) in [6, 6.07) is 6.34. The molecule has 1 aromatic carbocycles. The maximum atomic E-state index is 12.8. The zero-order valence-electron chi connectivity index (χ0n) is 19.3. The molecule has 5 N–H and O–H groups in total. The fourth-order valence-corrected chi connectivity index (χ4v) is 5.41. The molecule has 1 aromatic heterocycles. The Morgan fingerprint density at radius 3 is 2.63 bits per heavy atom. The van der Waals surface area contributed by atoms with Crippen LogP contribution in [0.3, 0.4) is 0 Å². The van der Waals surface area contributed by atoms with Crippen LogP contribution >= 0.6 is 11.3 Å². The maximum absolute atomic E-state index is 12.8. The monoisotopic (exact) mass is 519 g/mol. The fourth-order valence-electron chi connectivity index (χ4n) is 3.43. The standard InChI is InChI=1S/C21H25N7O5S2/c1-11(2)24-17(22)12-4-6-13(7-5-12)32-8-9-33-27-15(14-10-34-20(23)25-14)18(29)26-16-19(30)28-21(16,3)35(28)31/h4-7,10-11,16H,8-9H2,1-3H3,(H2,22,24)(H2,23,25)(H,26,29)/b27-15+/t16-,21-,28?,35?/m0/s1. The zero-order valence-corrected chi connectivity index (χ0v) is 20.9. The highest BCUT2D eigenvalue weighted by Gasteiger charge is 2.78. The average molecular weight is 520 g/mol. The summed E-state index contributed by atoms with van der Waals surface area (Å²) >= 11 is 1.13. The summed E-state index contributed by atoms with van der Waals surface area (Å²) in [4.78, 5) is 37.7. The second-order valence-electron chi connectivity index (χ2n) is 8.17. The van der Waals surface area contributed by atoms with Crippen LogP contribution in [-0.2, 0) is 25.4 Å². The number of nitrogens with two attached hydrogens (primary N) is 2. The summed E-state index contributed by atoms with van der Waals surface area (Å²) in [5, 5.41) is 8.26. The van der Waals surface area contributed by atoms with Crippen LogP contribution in [-0.4, -0.2) is 67.0 Å². The Kier molecular flexibility index (Phi) is 6.76. The van der Waals surface area contributed by atoms with E-state index in [1.165, 1.54) is 4.31 Å². The Balaban J connectivity index is 1.33. The van der Waals surface area contributed by atoms with Crippen LogP contribution in [0.1, 0.15) is 32.0 Å². The lowest BCUT2D eigenvalue weighted by molar-refractivity contribution is -0.139. The zero-order chi connectivity index (χ0) is 25.3. The number of carbonyl (C=O) groups is 2. The van der Waals surface area contributed by atoms with Gasteiger partial charge in [0.15, 0.2) is 33.3 Å². The number of hydrogen-bond donors (Lipinski definition) is 3. The van der Waals surface area contributed by atoms with E-state index in [-0.39, 0.29) is 35.8 Å². The van der Waals surface area contributed by atoms with Gasteiger partial charge in [-0.3, -0.25) is 14.6 Å². The molecule has 2 aromatic rings. The van der Waals surface area contributed by atoms with Gasteiger partial charge in [0.25, 0.3) is 11.8 Å². The molecule has 2 amide bonds. The van der Waals surface area contributed by atoms with Crippen molar-refractivity contribution < 1.29 is 23.4 Å². The minimum absolute atomic E-state index is 0.0347. The Bertz CT molecular complexity index is 1230. The molecule has 2 fully saturated rings. The topological polar surface area (TPSA) is 174 Å². The number of nitrogens with one attached hydrogen (secondary N) is 1. The normalized spacial score (nSPS) is 23.5. The highest BCUT2D eigenvalue weighted by atomic mass is 32.2. The second kappa shape index (κ2) is 9.62. The van der Waals surface area contributed by atoms with Gasteiger partial charge in [-0.25, -0.2) is 13.5 Å². The van der Waals surface area contributed by atoms with Gasteiger partial charge < -0.3 is 26.4 Å². The number of β-lactam (4-membered cyclic amide) rings is 1. The van der Waals surface area contributed by atoms with Crippen molar-refractivity contribution in [2.24, 2.45) is 15.9 Å². The van der Waals surface area contributed by atoms with Crippen molar-refractivity contribution in [3.63, 3.8) is 0 Å². The maximum Gasteiger partial charge on any atom is 0.276 e. The van der Waals surface area contributed by atoms with Crippen LogP contribution in [0.15, 0.2) is 39.8 Å². The number of hydrogen-bond acceptors (Lipinski definition) is 10. The van der Waals surface area contributed by atoms with Crippen LogP contribution in [0.25, 0.3) is 0 Å². The molecule has 3 heterocycles. The smallest absolute Gasteiger partial charge is 0.276 e.